The summed E-state index contributed by atoms with van der Waals surface area (Å²) in [5, 5.41) is 4.43. The Kier molecular flexibility index (Phi) is 5.19. The van der Waals surface area contributed by atoms with Crippen molar-refractivity contribution in [3.8, 4) is 0 Å². The lowest BCUT2D eigenvalue weighted by Gasteiger charge is -2.06. The van der Waals surface area contributed by atoms with E-state index in [0.29, 0.717) is 0 Å². The highest BCUT2D eigenvalue weighted by Crippen LogP contribution is 2.08. The fourth-order valence-corrected chi connectivity index (χ4v) is 1.20. The second kappa shape index (κ2) is 6.65. The first-order valence-electron chi connectivity index (χ1n) is 5.24. The molecule has 7 heteroatoms. The third-order valence-electron chi connectivity index (χ3n) is 2.08. The van der Waals surface area contributed by atoms with E-state index < -0.39 is 23.4 Å². The maximum absolute atomic E-state index is 13.2. The van der Waals surface area contributed by atoms with E-state index in [0.717, 1.165) is 18.2 Å². The molecular formula is C11H13F2N3O2. The van der Waals surface area contributed by atoms with Crippen molar-refractivity contribution in [2.24, 2.45) is 5.73 Å². The third kappa shape index (κ3) is 4.10. The van der Waals surface area contributed by atoms with Gasteiger partial charge in [0, 0.05) is 25.2 Å². The largest absolute Gasteiger partial charge is 0.347 e. The summed E-state index contributed by atoms with van der Waals surface area (Å²) in [6.07, 6.45) is 0. The second-order valence-electron chi connectivity index (χ2n) is 3.46. The number of hydrogen-bond acceptors (Lipinski definition) is 3. The second-order valence-corrected chi connectivity index (χ2v) is 3.46. The standard InChI is InChI=1S/C11H13F2N3O2/c12-8-1-2-9(13)7(5-8)6-16-11(18)10(17)15-4-3-14/h1-2,5H,3-4,6,14H2,(H,15,17)(H,16,18). The Balaban J connectivity index is 2.52. The van der Waals surface area contributed by atoms with Gasteiger partial charge in [0.1, 0.15) is 11.6 Å². The van der Waals surface area contributed by atoms with Gasteiger partial charge in [-0.2, -0.15) is 0 Å². The van der Waals surface area contributed by atoms with E-state index in [1.165, 1.54) is 0 Å². The predicted molar refractivity (Wildman–Crippen MR) is 60.3 cm³/mol. The van der Waals surface area contributed by atoms with Gasteiger partial charge in [-0.1, -0.05) is 0 Å². The van der Waals surface area contributed by atoms with Crippen LogP contribution in [-0.4, -0.2) is 24.9 Å². The minimum absolute atomic E-state index is 0.0324. The number of halogens is 2. The first kappa shape index (κ1) is 14.0. The lowest BCUT2D eigenvalue weighted by Crippen LogP contribution is -2.41. The molecular weight excluding hydrogens is 244 g/mol. The van der Waals surface area contributed by atoms with Crippen LogP contribution in [0, 0.1) is 11.6 Å². The van der Waals surface area contributed by atoms with Crippen LogP contribution in [0.4, 0.5) is 8.78 Å². The van der Waals surface area contributed by atoms with E-state index in [2.05, 4.69) is 10.6 Å². The minimum Gasteiger partial charge on any atom is -0.347 e. The highest BCUT2D eigenvalue weighted by Gasteiger charge is 2.13. The molecule has 0 aromatic heterocycles. The van der Waals surface area contributed by atoms with Crippen molar-refractivity contribution in [3.05, 3.63) is 35.4 Å². The first-order chi connectivity index (χ1) is 8.54. The zero-order chi connectivity index (χ0) is 13.5. The Morgan fingerprint density at radius 3 is 2.50 bits per heavy atom. The summed E-state index contributed by atoms with van der Waals surface area (Å²) in [5.41, 5.74) is 5.11. The fraction of sp³-hybridized carbons (Fsp3) is 0.273. The van der Waals surface area contributed by atoms with Crippen molar-refractivity contribution in [3.63, 3.8) is 0 Å². The lowest BCUT2D eigenvalue weighted by molar-refractivity contribution is -0.139. The first-order valence-corrected chi connectivity index (χ1v) is 5.24. The van der Waals surface area contributed by atoms with Crippen molar-refractivity contribution in [1.29, 1.82) is 0 Å². The number of rotatable bonds is 4. The van der Waals surface area contributed by atoms with E-state index >= 15 is 0 Å². The van der Waals surface area contributed by atoms with E-state index in [1.807, 2.05) is 0 Å². The normalized spacial score (nSPS) is 9.94. The molecule has 0 saturated carbocycles. The van der Waals surface area contributed by atoms with E-state index in [-0.39, 0.29) is 25.2 Å². The van der Waals surface area contributed by atoms with Crippen LogP contribution in [0.5, 0.6) is 0 Å². The zero-order valence-corrected chi connectivity index (χ0v) is 9.50. The van der Waals surface area contributed by atoms with Crippen LogP contribution in [0.25, 0.3) is 0 Å². The molecule has 0 unspecified atom stereocenters. The maximum atomic E-state index is 13.2. The molecule has 18 heavy (non-hydrogen) atoms. The summed E-state index contributed by atoms with van der Waals surface area (Å²) >= 11 is 0. The molecule has 0 spiro atoms. The van der Waals surface area contributed by atoms with Gasteiger partial charge >= 0.3 is 11.8 Å². The molecule has 98 valence electrons. The molecule has 5 nitrogen and oxygen atoms in total. The van der Waals surface area contributed by atoms with Gasteiger partial charge in [0.05, 0.1) is 0 Å². The maximum Gasteiger partial charge on any atom is 0.309 e. The van der Waals surface area contributed by atoms with Crippen molar-refractivity contribution >= 4 is 11.8 Å². The number of hydrogen-bond donors (Lipinski definition) is 3. The molecule has 0 radical (unpaired) electrons. The third-order valence-corrected chi connectivity index (χ3v) is 2.08. The van der Waals surface area contributed by atoms with Gasteiger partial charge in [-0.3, -0.25) is 9.59 Å². The summed E-state index contributed by atoms with van der Waals surface area (Å²) in [6.45, 7) is 0.108. The Hall–Kier alpha value is -2.02. The minimum atomic E-state index is -0.924. The number of nitrogens with one attached hydrogen (secondary N) is 2. The van der Waals surface area contributed by atoms with Gasteiger partial charge in [0.2, 0.25) is 0 Å². The Bertz CT molecular complexity index is 452. The molecule has 0 heterocycles. The molecule has 0 atom stereocenters. The van der Waals surface area contributed by atoms with Crippen LogP contribution < -0.4 is 16.4 Å². The van der Waals surface area contributed by atoms with Crippen LogP contribution in [0.15, 0.2) is 18.2 Å². The molecule has 0 aliphatic heterocycles. The highest BCUT2D eigenvalue weighted by molar-refractivity contribution is 6.35. The van der Waals surface area contributed by atoms with Gasteiger partial charge in [0.15, 0.2) is 0 Å². The molecule has 1 aromatic carbocycles. The zero-order valence-electron chi connectivity index (χ0n) is 9.50. The lowest BCUT2D eigenvalue weighted by atomic mass is 10.2. The van der Waals surface area contributed by atoms with Crippen molar-refractivity contribution in [2.75, 3.05) is 13.1 Å². The number of carbonyl (C=O) groups excluding carboxylic acids is 2. The topological polar surface area (TPSA) is 84.2 Å². The predicted octanol–water partition coefficient (Wildman–Crippen LogP) is -0.344. The Morgan fingerprint density at radius 2 is 1.83 bits per heavy atom. The van der Waals surface area contributed by atoms with E-state index in [1.54, 1.807) is 0 Å². The number of nitrogens with two attached hydrogens (primary N) is 1. The Morgan fingerprint density at radius 1 is 1.17 bits per heavy atom. The molecule has 4 N–H and O–H groups in total. The Labute approximate surface area is 102 Å². The summed E-state index contributed by atoms with van der Waals surface area (Å²) < 4.78 is 26.0. The molecule has 0 aliphatic carbocycles. The molecule has 2 amide bonds. The smallest absolute Gasteiger partial charge is 0.309 e. The summed E-state index contributed by atoms with van der Waals surface area (Å²) in [6, 6.07) is 2.87. The van der Waals surface area contributed by atoms with Crippen molar-refractivity contribution < 1.29 is 18.4 Å². The van der Waals surface area contributed by atoms with E-state index in [4.69, 9.17) is 5.73 Å². The van der Waals surface area contributed by atoms with Gasteiger partial charge in [-0.25, -0.2) is 8.78 Å². The highest BCUT2D eigenvalue weighted by atomic mass is 19.1. The quantitative estimate of drug-likeness (QED) is 0.645. The monoisotopic (exact) mass is 257 g/mol. The number of amides is 2. The van der Waals surface area contributed by atoms with Gasteiger partial charge in [0.25, 0.3) is 0 Å². The molecule has 0 aliphatic rings. The SMILES string of the molecule is NCCNC(=O)C(=O)NCc1cc(F)ccc1F. The van der Waals surface area contributed by atoms with E-state index in [9.17, 15) is 18.4 Å². The van der Waals surface area contributed by atoms with Crippen LogP contribution >= 0.6 is 0 Å². The molecule has 1 aromatic rings. The molecule has 1 rings (SSSR count). The van der Waals surface area contributed by atoms with Crippen molar-refractivity contribution in [2.45, 2.75) is 6.54 Å². The number of benzene rings is 1. The number of carbonyl (C=O) groups is 2. The summed E-state index contributed by atoms with van der Waals surface area (Å²) in [5.74, 6) is -3.06. The summed E-state index contributed by atoms with van der Waals surface area (Å²) in [4.78, 5) is 22.4. The molecule has 0 saturated heterocycles. The van der Waals surface area contributed by atoms with Gasteiger partial charge in [-0.15, -0.1) is 0 Å². The average molecular weight is 257 g/mol. The van der Waals surface area contributed by atoms with Gasteiger partial charge < -0.3 is 16.4 Å². The molecule has 0 bridgehead atoms. The van der Waals surface area contributed by atoms with Crippen LogP contribution in [0.2, 0.25) is 0 Å². The van der Waals surface area contributed by atoms with Crippen LogP contribution in [0.1, 0.15) is 5.56 Å². The van der Waals surface area contributed by atoms with Crippen LogP contribution in [-0.2, 0) is 16.1 Å². The van der Waals surface area contributed by atoms with Crippen molar-refractivity contribution in [1.82, 2.24) is 10.6 Å². The van der Waals surface area contributed by atoms with Gasteiger partial charge in [-0.05, 0) is 18.2 Å². The van der Waals surface area contributed by atoms with Crippen LogP contribution in [0.3, 0.4) is 0 Å². The molecule has 0 fully saturated rings. The summed E-state index contributed by atoms with van der Waals surface area (Å²) in [7, 11) is 0. The fourth-order valence-electron chi connectivity index (χ4n) is 1.20. The average Bonchev–Trinajstić information content (AvgIpc) is 2.36.